The molecular weight excluding hydrogens is 354 g/mol. The molecule has 108 valence electrons. The fourth-order valence-corrected chi connectivity index (χ4v) is 3.60. The minimum atomic E-state index is -0.246. The van der Waals surface area contributed by atoms with Crippen LogP contribution >= 0.6 is 27.3 Å². The third-order valence-corrected chi connectivity index (χ3v) is 5.10. The number of H-pyrrole nitrogens is 1. The number of benzene rings is 2. The van der Waals surface area contributed by atoms with Gasteiger partial charge in [-0.05, 0) is 50.5 Å². The van der Waals surface area contributed by atoms with Crippen LogP contribution in [0.25, 0.3) is 10.8 Å². The van der Waals surface area contributed by atoms with Gasteiger partial charge in [0.25, 0.3) is 0 Å². The summed E-state index contributed by atoms with van der Waals surface area (Å²) in [5.74, 6) is 0.760. The minimum absolute atomic E-state index is 0.0493. The molecule has 0 saturated carbocycles. The lowest BCUT2D eigenvalue weighted by atomic mass is 10.0. The Labute approximate surface area is 133 Å². The number of halogens is 1. The number of fused-ring (bicyclic) bond motifs is 1. The largest absolute Gasteiger partial charge is 0.497 e. The smallest absolute Gasteiger partial charge is 0.307 e. The van der Waals surface area contributed by atoms with Crippen LogP contribution in [-0.4, -0.2) is 17.2 Å². The Hall–Kier alpha value is -1.79. The highest BCUT2D eigenvalue weighted by atomic mass is 79.9. The first-order valence-corrected chi connectivity index (χ1v) is 7.85. The van der Waals surface area contributed by atoms with Crippen molar-refractivity contribution in [1.29, 1.82) is 0 Å². The molecule has 0 spiro atoms. The second-order valence-corrected chi connectivity index (χ2v) is 6.45. The molecule has 0 unspecified atom stereocenters. The number of aromatic hydroxyl groups is 1. The molecule has 3 rings (SSSR count). The van der Waals surface area contributed by atoms with Gasteiger partial charge in [-0.2, -0.15) is 0 Å². The van der Waals surface area contributed by atoms with Gasteiger partial charge in [-0.1, -0.05) is 23.5 Å². The number of nitrogens with one attached hydrogen (secondary N) is 1. The van der Waals surface area contributed by atoms with Gasteiger partial charge in [-0.3, -0.25) is 9.78 Å². The predicted molar refractivity (Wildman–Crippen MR) is 87.6 cm³/mol. The molecule has 0 aliphatic carbocycles. The quantitative estimate of drug-likeness (QED) is 0.744. The number of hydrogen-bond donors (Lipinski definition) is 2. The molecule has 0 fully saturated rings. The van der Waals surface area contributed by atoms with E-state index in [-0.39, 0.29) is 10.8 Å². The summed E-state index contributed by atoms with van der Waals surface area (Å²) in [5.41, 5.74) is 1.01. The molecule has 0 atom stereocenters. The van der Waals surface area contributed by atoms with E-state index in [1.807, 2.05) is 30.3 Å². The molecule has 6 heteroatoms. The lowest BCUT2D eigenvalue weighted by Crippen LogP contribution is -1.90. The molecule has 0 aliphatic heterocycles. The Balaban J connectivity index is 2.06. The molecule has 0 amide bonds. The fraction of sp³-hybridized carbons (Fsp3) is 0.133. The van der Waals surface area contributed by atoms with Crippen molar-refractivity contribution in [3.8, 4) is 11.6 Å². The highest BCUT2D eigenvalue weighted by Gasteiger charge is 2.12. The molecule has 21 heavy (non-hydrogen) atoms. The zero-order valence-corrected chi connectivity index (χ0v) is 13.5. The second kappa shape index (κ2) is 5.54. The summed E-state index contributed by atoms with van der Waals surface area (Å²) in [6.45, 7) is 0. The van der Waals surface area contributed by atoms with Crippen LogP contribution in [0, 0.1) is 0 Å². The molecule has 1 heterocycles. The number of rotatable bonds is 3. The van der Waals surface area contributed by atoms with Crippen molar-refractivity contribution >= 4 is 38.0 Å². The summed E-state index contributed by atoms with van der Waals surface area (Å²) in [7, 11) is 1.64. The Bertz CT molecular complexity index is 869. The average molecular weight is 366 g/mol. The summed E-state index contributed by atoms with van der Waals surface area (Å²) in [6.07, 6.45) is 0.498. The van der Waals surface area contributed by atoms with Gasteiger partial charge in [0.1, 0.15) is 5.75 Å². The Kier molecular flexibility index (Phi) is 3.73. The number of aromatic nitrogens is 1. The molecule has 4 nitrogen and oxygen atoms in total. The van der Waals surface area contributed by atoms with Crippen molar-refractivity contribution in [2.24, 2.45) is 0 Å². The Morgan fingerprint density at radius 2 is 2.14 bits per heavy atom. The van der Waals surface area contributed by atoms with Gasteiger partial charge in [0.2, 0.25) is 5.88 Å². The number of ether oxygens (including phenoxy) is 1. The molecule has 0 radical (unpaired) electrons. The van der Waals surface area contributed by atoms with E-state index in [1.165, 1.54) is 0 Å². The summed E-state index contributed by atoms with van der Waals surface area (Å²) >= 11 is 4.64. The van der Waals surface area contributed by atoms with Crippen LogP contribution < -0.4 is 9.61 Å². The van der Waals surface area contributed by atoms with Gasteiger partial charge in [0.05, 0.1) is 12.0 Å². The van der Waals surface area contributed by atoms with Crippen molar-refractivity contribution < 1.29 is 9.84 Å². The molecule has 2 aromatic carbocycles. The fourth-order valence-electron chi connectivity index (χ4n) is 2.22. The van der Waals surface area contributed by atoms with Gasteiger partial charge >= 0.3 is 4.87 Å². The van der Waals surface area contributed by atoms with Crippen LogP contribution in [0.5, 0.6) is 11.6 Å². The predicted octanol–water partition coefficient (Wildman–Crippen LogP) is 3.66. The van der Waals surface area contributed by atoms with Crippen molar-refractivity contribution in [2.75, 3.05) is 7.11 Å². The van der Waals surface area contributed by atoms with Crippen molar-refractivity contribution in [2.45, 2.75) is 6.42 Å². The molecule has 2 N–H and O–H groups in total. The van der Waals surface area contributed by atoms with Gasteiger partial charge in [-0.25, -0.2) is 0 Å². The summed E-state index contributed by atoms with van der Waals surface area (Å²) in [5, 5.41) is 11.8. The third-order valence-electron chi connectivity index (χ3n) is 3.29. The molecular formula is C15H12BrNO3S. The zero-order chi connectivity index (χ0) is 15.0. The second-order valence-electron chi connectivity index (χ2n) is 4.59. The van der Waals surface area contributed by atoms with Crippen LogP contribution in [0.15, 0.2) is 39.6 Å². The number of hydrogen-bond acceptors (Lipinski definition) is 4. The highest BCUT2D eigenvalue weighted by Crippen LogP contribution is 2.32. The minimum Gasteiger partial charge on any atom is -0.497 e. The van der Waals surface area contributed by atoms with Gasteiger partial charge in [-0.15, -0.1) is 0 Å². The van der Waals surface area contributed by atoms with Crippen LogP contribution in [0.2, 0.25) is 0 Å². The van der Waals surface area contributed by atoms with Crippen molar-refractivity contribution in [1.82, 2.24) is 4.98 Å². The van der Waals surface area contributed by atoms with Gasteiger partial charge in [0, 0.05) is 10.9 Å². The van der Waals surface area contributed by atoms with E-state index in [4.69, 9.17) is 4.74 Å². The van der Waals surface area contributed by atoms with Gasteiger partial charge in [0.15, 0.2) is 0 Å². The number of methoxy groups -OCH3 is 1. The normalized spacial score (nSPS) is 11.0. The van der Waals surface area contributed by atoms with E-state index >= 15 is 0 Å². The van der Waals surface area contributed by atoms with E-state index < -0.39 is 0 Å². The molecule has 0 bridgehead atoms. The monoisotopic (exact) mass is 365 g/mol. The maximum absolute atomic E-state index is 11.2. The first-order valence-electron chi connectivity index (χ1n) is 6.24. The molecule has 3 aromatic rings. The maximum atomic E-state index is 11.2. The average Bonchev–Trinajstić information content (AvgIpc) is 2.79. The Morgan fingerprint density at radius 1 is 1.33 bits per heavy atom. The van der Waals surface area contributed by atoms with Crippen molar-refractivity contribution in [3.63, 3.8) is 0 Å². The van der Waals surface area contributed by atoms with Gasteiger partial charge < -0.3 is 9.84 Å². The Morgan fingerprint density at radius 3 is 2.81 bits per heavy atom. The molecule has 0 aliphatic rings. The standard InChI is InChI=1S/C15H12BrNO3S/c1-20-10-4-5-11-8(6-10)2-3-9(13(11)16)7-12-14(18)17-15(19)21-12/h2-6,18H,7H2,1H3,(H,17,19). The summed E-state index contributed by atoms with van der Waals surface area (Å²) < 4.78 is 6.18. The third kappa shape index (κ3) is 2.69. The van der Waals surface area contributed by atoms with E-state index in [1.54, 1.807) is 7.11 Å². The van der Waals surface area contributed by atoms with Crippen molar-refractivity contribution in [3.05, 3.63) is 54.9 Å². The van der Waals surface area contributed by atoms with Crippen LogP contribution in [0.3, 0.4) is 0 Å². The topological polar surface area (TPSA) is 62.3 Å². The van der Waals surface area contributed by atoms with E-state index in [0.29, 0.717) is 11.3 Å². The van der Waals surface area contributed by atoms with Crippen LogP contribution in [0.4, 0.5) is 0 Å². The van der Waals surface area contributed by atoms with Crippen LogP contribution in [-0.2, 0) is 6.42 Å². The number of aromatic amines is 1. The first-order chi connectivity index (χ1) is 10.1. The summed E-state index contributed by atoms with van der Waals surface area (Å²) in [6, 6.07) is 9.85. The summed E-state index contributed by atoms with van der Waals surface area (Å²) in [4.78, 5) is 14.0. The highest BCUT2D eigenvalue weighted by molar-refractivity contribution is 9.10. The SMILES string of the molecule is COc1ccc2c(Br)c(Cc3sc(=O)[nH]c3O)ccc2c1. The molecule has 1 aromatic heterocycles. The lowest BCUT2D eigenvalue weighted by molar-refractivity contribution is 0.415. The van der Waals surface area contributed by atoms with E-state index in [2.05, 4.69) is 20.9 Å². The molecule has 0 saturated heterocycles. The first kappa shape index (κ1) is 14.2. The van der Waals surface area contributed by atoms with E-state index in [9.17, 15) is 9.90 Å². The van der Waals surface area contributed by atoms with E-state index in [0.717, 1.165) is 37.9 Å². The zero-order valence-electron chi connectivity index (χ0n) is 11.1. The van der Waals surface area contributed by atoms with Crippen LogP contribution in [0.1, 0.15) is 10.4 Å². The number of thiazole rings is 1. The lowest BCUT2D eigenvalue weighted by Gasteiger charge is -2.09. The maximum Gasteiger partial charge on any atom is 0.307 e.